The molecule has 0 N–H and O–H groups in total. The van der Waals surface area contributed by atoms with Gasteiger partial charge in [0.1, 0.15) is 0 Å². The molecule has 1 fully saturated rings. The summed E-state index contributed by atoms with van der Waals surface area (Å²) in [5, 5.41) is 0.257. The van der Waals surface area contributed by atoms with Crippen molar-refractivity contribution in [3.63, 3.8) is 0 Å². The van der Waals surface area contributed by atoms with Gasteiger partial charge < -0.3 is 9.64 Å². The number of carbonyl (C=O) groups is 1. The summed E-state index contributed by atoms with van der Waals surface area (Å²) in [6.07, 6.45) is 0.763. The van der Waals surface area contributed by atoms with Crippen LogP contribution in [0.3, 0.4) is 0 Å². The van der Waals surface area contributed by atoms with E-state index in [2.05, 4.69) is 24.5 Å². The van der Waals surface area contributed by atoms with Crippen molar-refractivity contribution >= 4 is 18.7 Å². The molecule has 0 aliphatic carbocycles. The van der Waals surface area contributed by atoms with Crippen molar-refractivity contribution in [1.29, 1.82) is 0 Å². The highest BCUT2D eigenvalue weighted by Gasteiger charge is 2.20. The van der Waals surface area contributed by atoms with Gasteiger partial charge in [0.15, 0.2) is 0 Å². The first-order valence-corrected chi connectivity index (χ1v) is 5.42. The van der Waals surface area contributed by atoms with Gasteiger partial charge in [-0.15, -0.1) is 0 Å². The summed E-state index contributed by atoms with van der Waals surface area (Å²) in [5.74, 6) is 0. The monoisotopic (exact) mass is 218 g/mol. The lowest BCUT2D eigenvalue weighted by Gasteiger charge is -2.23. The van der Waals surface area contributed by atoms with Gasteiger partial charge in [0, 0.05) is 31.6 Å². The molecule has 1 aliphatic rings. The van der Waals surface area contributed by atoms with E-state index in [1.54, 1.807) is 4.90 Å². The summed E-state index contributed by atoms with van der Waals surface area (Å²) in [7, 11) is 1.42. The predicted molar refractivity (Wildman–Crippen MR) is 58.6 cm³/mol. The van der Waals surface area contributed by atoms with Crippen molar-refractivity contribution in [2.24, 2.45) is 0 Å². The molecule has 1 atom stereocenters. The second-order valence-corrected chi connectivity index (χ2v) is 4.23. The van der Waals surface area contributed by atoms with Gasteiger partial charge >= 0.3 is 6.09 Å². The smallest absolute Gasteiger partial charge is 0.409 e. The number of amides is 1. The Labute approximate surface area is 90.6 Å². The van der Waals surface area contributed by atoms with Gasteiger partial charge in [-0.05, 0) is 13.3 Å². The Morgan fingerprint density at radius 3 is 2.64 bits per heavy atom. The predicted octanol–water partition coefficient (Wildman–Crippen LogP) is 1.04. The van der Waals surface area contributed by atoms with Crippen LogP contribution in [-0.2, 0) is 4.74 Å². The van der Waals surface area contributed by atoms with Crippen LogP contribution in [0.15, 0.2) is 0 Å². The van der Waals surface area contributed by atoms with Gasteiger partial charge in [0.05, 0.1) is 7.11 Å². The number of rotatable bonds is 1. The average molecular weight is 218 g/mol. The number of nitrogens with zero attached hydrogens (tertiary/aromatic N) is 2. The van der Waals surface area contributed by atoms with Crippen LogP contribution in [0, 0.1) is 0 Å². The summed E-state index contributed by atoms with van der Waals surface area (Å²) in [6.45, 7) is 5.44. The number of carbonyl (C=O) groups excluding carboxylic acids is 1. The molecule has 0 bridgehead atoms. The van der Waals surface area contributed by atoms with Crippen LogP contribution in [0.25, 0.3) is 0 Å². The zero-order valence-corrected chi connectivity index (χ0v) is 9.67. The lowest BCUT2D eigenvalue weighted by Crippen LogP contribution is -2.36. The summed E-state index contributed by atoms with van der Waals surface area (Å²) in [5.41, 5.74) is 0. The summed E-state index contributed by atoms with van der Waals surface area (Å²) in [6, 6.07) is 0. The zero-order chi connectivity index (χ0) is 10.6. The third-order valence-corrected chi connectivity index (χ3v) is 2.82. The van der Waals surface area contributed by atoms with Crippen LogP contribution in [0.1, 0.15) is 13.3 Å². The molecule has 0 spiro atoms. The van der Waals surface area contributed by atoms with E-state index in [4.69, 9.17) is 4.74 Å². The van der Waals surface area contributed by atoms with Crippen LogP contribution in [0.5, 0.6) is 0 Å². The largest absolute Gasteiger partial charge is 0.453 e. The first kappa shape index (κ1) is 11.7. The topological polar surface area (TPSA) is 32.8 Å². The molecule has 0 unspecified atom stereocenters. The number of methoxy groups -OCH3 is 1. The van der Waals surface area contributed by atoms with E-state index >= 15 is 0 Å². The minimum absolute atomic E-state index is 0.223. The molecule has 1 aliphatic heterocycles. The van der Waals surface area contributed by atoms with Crippen molar-refractivity contribution in [3.05, 3.63) is 0 Å². The lowest BCUT2D eigenvalue weighted by molar-refractivity contribution is 0.124. The molecule has 0 radical (unpaired) electrons. The first-order chi connectivity index (χ1) is 6.65. The molecule has 0 aromatic rings. The van der Waals surface area contributed by atoms with Gasteiger partial charge in [-0.3, -0.25) is 4.90 Å². The molecule has 0 aromatic carbocycles. The molecule has 82 valence electrons. The third-order valence-electron chi connectivity index (χ3n) is 2.49. The quantitative estimate of drug-likeness (QED) is 0.667. The van der Waals surface area contributed by atoms with Gasteiger partial charge in [0.25, 0.3) is 0 Å². The van der Waals surface area contributed by atoms with E-state index in [1.165, 1.54) is 7.11 Å². The van der Waals surface area contributed by atoms with Crippen LogP contribution < -0.4 is 0 Å². The van der Waals surface area contributed by atoms with E-state index in [-0.39, 0.29) is 11.5 Å². The molecule has 1 rings (SSSR count). The number of hydrogen-bond donors (Lipinski definition) is 1. The molecule has 0 aromatic heterocycles. The molecule has 14 heavy (non-hydrogen) atoms. The number of thiol groups is 1. The molecule has 1 saturated heterocycles. The fourth-order valence-corrected chi connectivity index (χ4v) is 1.85. The second-order valence-electron chi connectivity index (χ2n) is 3.48. The van der Waals surface area contributed by atoms with Gasteiger partial charge in [-0.25, -0.2) is 4.79 Å². The number of ether oxygens (including phenoxy) is 1. The highest BCUT2D eigenvalue weighted by Crippen LogP contribution is 2.09. The van der Waals surface area contributed by atoms with E-state index in [0.717, 1.165) is 32.6 Å². The third kappa shape index (κ3) is 3.06. The lowest BCUT2D eigenvalue weighted by atomic mass is 10.4. The normalized spacial score (nSPS) is 21.5. The Morgan fingerprint density at radius 1 is 1.36 bits per heavy atom. The average Bonchev–Trinajstić information content (AvgIpc) is 2.41. The van der Waals surface area contributed by atoms with E-state index in [9.17, 15) is 4.79 Å². The SMILES string of the molecule is COC(=O)N1CCCN([C@H](C)S)CC1. The van der Waals surface area contributed by atoms with Gasteiger partial charge in [-0.1, -0.05) is 0 Å². The van der Waals surface area contributed by atoms with E-state index in [0.29, 0.717) is 0 Å². The molecule has 1 heterocycles. The maximum atomic E-state index is 11.3. The Bertz CT molecular complexity index is 199. The maximum absolute atomic E-state index is 11.3. The molecule has 1 amide bonds. The first-order valence-electron chi connectivity index (χ1n) is 4.90. The van der Waals surface area contributed by atoms with Crippen molar-refractivity contribution in [2.45, 2.75) is 18.7 Å². The minimum atomic E-state index is -0.223. The highest BCUT2D eigenvalue weighted by molar-refractivity contribution is 7.80. The standard InChI is InChI=1S/C9H18N2O2S/c1-8(14)10-4-3-5-11(7-6-10)9(12)13-2/h8,14H,3-7H2,1-2H3/t8-/m0/s1. The van der Waals surface area contributed by atoms with Gasteiger partial charge in [0.2, 0.25) is 0 Å². The molecule has 5 heteroatoms. The molecular formula is C9H18N2O2S. The maximum Gasteiger partial charge on any atom is 0.409 e. The molecule has 4 nitrogen and oxygen atoms in total. The van der Waals surface area contributed by atoms with Crippen molar-refractivity contribution in [1.82, 2.24) is 9.80 Å². The van der Waals surface area contributed by atoms with Crippen LogP contribution in [0.4, 0.5) is 4.79 Å². The Hall–Kier alpha value is -0.420. The highest BCUT2D eigenvalue weighted by atomic mass is 32.1. The van der Waals surface area contributed by atoms with Crippen LogP contribution in [0.2, 0.25) is 0 Å². The summed E-state index contributed by atoms with van der Waals surface area (Å²) < 4.78 is 4.69. The number of hydrogen-bond acceptors (Lipinski definition) is 4. The zero-order valence-electron chi connectivity index (χ0n) is 8.77. The van der Waals surface area contributed by atoms with Crippen molar-refractivity contribution in [2.75, 3.05) is 33.3 Å². The molecule has 0 saturated carbocycles. The van der Waals surface area contributed by atoms with Crippen LogP contribution in [-0.4, -0.2) is 54.6 Å². The Kier molecular flexibility index (Phi) is 4.54. The second kappa shape index (κ2) is 5.46. The van der Waals surface area contributed by atoms with Gasteiger partial charge in [-0.2, -0.15) is 12.6 Å². The van der Waals surface area contributed by atoms with E-state index in [1.807, 2.05) is 0 Å². The fourth-order valence-electron chi connectivity index (χ4n) is 1.62. The fraction of sp³-hybridized carbons (Fsp3) is 0.889. The van der Waals surface area contributed by atoms with Crippen LogP contribution >= 0.6 is 12.6 Å². The summed E-state index contributed by atoms with van der Waals surface area (Å²) >= 11 is 4.38. The Morgan fingerprint density at radius 2 is 2.07 bits per heavy atom. The molecular weight excluding hydrogens is 200 g/mol. The minimum Gasteiger partial charge on any atom is -0.453 e. The van der Waals surface area contributed by atoms with E-state index < -0.39 is 0 Å². The van der Waals surface area contributed by atoms with Crippen molar-refractivity contribution < 1.29 is 9.53 Å². The Balaban J connectivity index is 2.44. The van der Waals surface area contributed by atoms with Crippen molar-refractivity contribution in [3.8, 4) is 0 Å². The summed E-state index contributed by atoms with van der Waals surface area (Å²) in [4.78, 5) is 15.3.